The van der Waals surface area contributed by atoms with E-state index in [1.807, 2.05) is 6.92 Å². The lowest BCUT2D eigenvalue weighted by Crippen LogP contribution is -1.90. The number of hydrogen-bond acceptors (Lipinski definition) is 1. The van der Waals surface area contributed by atoms with Crippen LogP contribution in [0, 0.1) is 5.82 Å². The molecule has 1 nitrogen and oxygen atoms in total. The fourth-order valence-corrected chi connectivity index (χ4v) is 0.697. The first-order chi connectivity index (χ1) is 4.83. The molecule has 0 aliphatic rings. The quantitative estimate of drug-likeness (QED) is 0.639. The Balaban J connectivity index is 0.000001000. The standard InChI is InChI=1S/C8H9FO.CH4/c1-2-10-8-5-3-7(9)4-6-8;/h3-6H,2H2,1H3;1H4. The molecule has 0 aliphatic carbocycles. The van der Waals surface area contributed by atoms with Crippen LogP contribution in [-0.4, -0.2) is 6.61 Å². The summed E-state index contributed by atoms with van der Waals surface area (Å²) in [5, 5.41) is 0. The van der Waals surface area contributed by atoms with E-state index >= 15 is 0 Å². The molecular weight excluding hydrogens is 143 g/mol. The van der Waals surface area contributed by atoms with Crippen LogP contribution in [0.1, 0.15) is 14.4 Å². The first-order valence-corrected chi connectivity index (χ1v) is 3.21. The molecule has 1 aromatic carbocycles. The van der Waals surface area contributed by atoms with Crippen LogP contribution < -0.4 is 4.74 Å². The van der Waals surface area contributed by atoms with Crippen molar-refractivity contribution in [2.45, 2.75) is 14.4 Å². The molecule has 0 amide bonds. The Bertz CT molecular complexity index is 193. The van der Waals surface area contributed by atoms with Gasteiger partial charge >= 0.3 is 0 Å². The van der Waals surface area contributed by atoms with Gasteiger partial charge in [0.25, 0.3) is 0 Å². The van der Waals surface area contributed by atoms with Gasteiger partial charge in [-0.3, -0.25) is 0 Å². The highest BCUT2D eigenvalue weighted by Crippen LogP contribution is 2.10. The normalized spacial score (nSPS) is 8.55. The molecule has 0 aromatic heterocycles. The minimum Gasteiger partial charge on any atom is -0.494 e. The topological polar surface area (TPSA) is 9.23 Å². The van der Waals surface area contributed by atoms with Gasteiger partial charge in [-0.1, -0.05) is 7.43 Å². The zero-order chi connectivity index (χ0) is 7.40. The number of ether oxygens (including phenoxy) is 1. The molecule has 62 valence electrons. The third-order valence-electron chi connectivity index (χ3n) is 1.12. The van der Waals surface area contributed by atoms with E-state index in [9.17, 15) is 4.39 Å². The molecule has 11 heavy (non-hydrogen) atoms. The molecule has 0 saturated heterocycles. The molecule has 0 fully saturated rings. The lowest BCUT2D eigenvalue weighted by Gasteiger charge is -2.00. The number of rotatable bonds is 2. The third-order valence-corrected chi connectivity index (χ3v) is 1.12. The molecule has 0 spiro atoms. The van der Waals surface area contributed by atoms with Crippen LogP contribution in [0.15, 0.2) is 24.3 Å². The van der Waals surface area contributed by atoms with E-state index in [1.165, 1.54) is 12.1 Å². The fourth-order valence-electron chi connectivity index (χ4n) is 0.697. The van der Waals surface area contributed by atoms with Crippen LogP contribution in [0.5, 0.6) is 5.75 Å². The predicted molar refractivity (Wildman–Crippen MR) is 44.3 cm³/mol. The Morgan fingerprint density at radius 2 is 1.82 bits per heavy atom. The zero-order valence-electron chi connectivity index (χ0n) is 5.80. The van der Waals surface area contributed by atoms with E-state index in [1.54, 1.807) is 12.1 Å². The van der Waals surface area contributed by atoms with Crippen LogP contribution in [0.3, 0.4) is 0 Å². The van der Waals surface area contributed by atoms with E-state index < -0.39 is 0 Å². The van der Waals surface area contributed by atoms with Crippen LogP contribution in [0.2, 0.25) is 0 Å². The summed E-state index contributed by atoms with van der Waals surface area (Å²) in [6.45, 7) is 2.51. The van der Waals surface area contributed by atoms with Gasteiger partial charge in [0.05, 0.1) is 6.61 Å². The van der Waals surface area contributed by atoms with Gasteiger partial charge in [0.15, 0.2) is 0 Å². The molecule has 0 heterocycles. The Morgan fingerprint density at radius 1 is 1.27 bits per heavy atom. The zero-order valence-corrected chi connectivity index (χ0v) is 5.80. The van der Waals surface area contributed by atoms with Gasteiger partial charge in [0, 0.05) is 0 Å². The maximum atomic E-state index is 12.3. The highest BCUT2D eigenvalue weighted by Gasteiger charge is 1.90. The number of benzene rings is 1. The first-order valence-electron chi connectivity index (χ1n) is 3.21. The van der Waals surface area contributed by atoms with Crippen LogP contribution >= 0.6 is 0 Å². The SMILES string of the molecule is C.CCOc1ccc(F)cc1. The van der Waals surface area contributed by atoms with Gasteiger partial charge in [-0.2, -0.15) is 0 Å². The van der Waals surface area contributed by atoms with Gasteiger partial charge in [0.2, 0.25) is 0 Å². The summed E-state index contributed by atoms with van der Waals surface area (Å²) in [4.78, 5) is 0. The van der Waals surface area contributed by atoms with Crippen molar-refractivity contribution in [1.82, 2.24) is 0 Å². The Kier molecular flexibility index (Phi) is 4.27. The third kappa shape index (κ3) is 3.03. The smallest absolute Gasteiger partial charge is 0.123 e. The summed E-state index contributed by atoms with van der Waals surface area (Å²) < 4.78 is 17.4. The largest absolute Gasteiger partial charge is 0.494 e. The summed E-state index contributed by atoms with van der Waals surface area (Å²) >= 11 is 0. The fraction of sp³-hybridized carbons (Fsp3) is 0.333. The molecular formula is C9H13FO. The number of halogens is 1. The summed E-state index contributed by atoms with van der Waals surface area (Å²) in [7, 11) is 0. The van der Waals surface area contributed by atoms with Crippen molar-refractivity contribution in [2.75, 3.05) is 6.61 Å². The van der Waals surface area contributed by atoms with Crippen molar-refractivity contribution < 1.29 is 9.13 Å². The summed E-state index contributed by atoms with van der Waals surface area (Å²) in [5.74, 6) is 0.479. The molecule has 0 atom stereocenters. The number of hydrogen-bond donors (Lipinski definition) is 0. The maximum absolute atomic E-state index is 12.3. The molecule has 0 aliphatic heterocycles. The van der Waals surface area contributed by atoms with Crippen LogP contribution in [0.25, 0.3) is 0 Å². The highest BCUT2D eigenvalue weighted by atomic mass is 19.1. The van der Waals surface area contributed by atoms with Gasteiger partial charge in [-0.15, -0.1) is 0 Å². The van der Waals surface area contributed by atoms with Crippen molar-refractivity contribution in [3.05, 3.63) is 30.1 Å². The van der Waals surface area contributed by atoms with Crippen molar-refractivity contribution in [3.8, 4) is 5.75 Å². The summed E-state index contributed by atoms with van der Waals surface area (Å²) in [6, 6.07) is 5.98. The summed E-state index contributed by atoms with van der Waals surface area (Å²) in [6.07, 6.45) is 0. The van der Waals surface area contributed by atoms with Crippen LogP contribution in [-0.2, 0) is 0 Å². The van der Waals surface area contributed by atoms with Crippen molar-refractivity contribution in [3.63, 3.8) is 0 Å². The Morgan fingerprint density at radius 3 is 2.27 bits per heavy atom. The first kappa shape index (κ1) is 9.95. The molecule has 0 N–H and O–H groups in total. The van der Waals surface area contributed by atoms with Crippen LogP contribution in [0.4, 0.5) is 4.39 Å². The molecule has 2 heteroatoms. The van der Waals surface area contributed by atoms with Gasteiger partial charge in [0.1, 0.15) is 11.6 Å². The maximum Gasteiger partial charge on any atom is 0.123 e. The van der Waals surface area contributed by atoms with Crippen molar-refractivity contribution in [2.24, 2.45) is 0 Å². The van der Waals surface area contributed by atoms with E-state index in [-0.39, 0.29) is 13.2 Å². The Labute approximate surface area is 66.8 Å². The minimum absolute atomic E-state index is 0. The van der Waals surface area contributed by atoms with E-state index in [0.717, 1.165) is 0 Å². The molecule has 0 saturated carbocycles. The monoisotopic (exact) mass is 156 g/mol. The second-order valence-electron chi connectivity index (χ2n) is 1.89. The van der Waals surface area contributed by atoms with E-state index in [0.29, 0.717) is 12.4 Å². The van der Waals surface area contributed by atoms with Crippen molar-refractivity contribution in [1.29, 1.82) is 0 Å². The van der Waals surface area contributed by atoms with Gasteiger partial charge in [-0.05, 0) is 31.2 Å². The molecule has 1 rings (SSSR count). The molecule has 0 bridgehead atoms. The lowest BCUT2D eigenvalue weighted by atomic mass is 10.3. The predicted octanol–water partition coefficient (Wildman–Crippen LogP) is 2.86. The second kappa shape index (κ2) is 4.72. The lowest BCUT2D eigenvalue weighted by molar-refractivity contribution is 0.339. The average molecular weight is 156 g/mol. The Hall–Kier alpha value is -1.05. The minimum atomic E-state index is -0.233. The average Bonchev–Trinajstić information content (AvgIpc) is 1.95. The molecule has 0 radical (unpaired) electrons. The van der Waals surface area contributed by atoms with E-state index in [4.69, 9.17) is 4.74 Å². The molecule has 0 unspecified atom stereocenters. The van der Waals surface area contributed by atoms with Crippen molar-refractivity contribution >= 4 is 0 Å². The summed E-state index contributed by atoms with van der Waals surface area (Å²) in [5.41, 5.74) is 0. The van der Waals surface area contributed by atoms with Gasteiger partial charge < -0.3 is 4.74 Å². The second-order valence-corrected chi connectivity index (χ2v) is 1.89. The van der Waals surface area contributed by atoms with E-state index in [2.05, 4.69) is 0 Å². The highest BCUT2D eigenvalue weighted by molar-refractivity contribution is 5.21. The molecule has 1 aromatic rings. The van der Waals surface area contributed by atoms with Gasteiger partial charge in [-0.25, -0.2) is 4.39 Å².